The molecule has 106 valence electrons. The topological polar surface area (TPSA) is 56.3 Å². The molecule has 0 aliphatic carbocycles. The molecule has 1 heterocycles. The highest BCUT2D eigenvalue weighted by Crippen LogP contribution is 2.28. The molecule has 20 heavy (non-hydrogen) atoms. The number of hydrogen-bond acceptors (Lipinski definition) is 4. The van der Waals surface area contributed by atoms with Gasteiger partial charge in [0.2, 0.25) is 0 Å². The standard InChI is InChI=1S/C12H8F3NO3S/c13-12(14,15)20(17,18)19-11-5-3-9(4-6-11)10-2-1-7-16-8-10/h1-8H. The number of pyridine rings is 1. The normalized spacial score (nSPS) is 12.2. The van der Waals surface area contributed by atoms with Crippen molar-refractivity contribution in [2.75, 3.05) is 0 Å². The molecule has 0 spiro atoms. The van der Waals surface area contributed by atoms with Gasteiger partial charge in [-0.2, -0.15) is 21.6 Å². The first kappa shape index (κ1) is 14.3. The summed E-state index contributed by atoms with van der Waals surface area (Å²) in [6, 6.07) is 8.64. The molecule has 2 aromatic rings. The summed E-state index contributed by atoms with van der Waals surface area (Å²) in [5, 5.41) is 0. The van der Waals surface area contributed by atoms with Crippen LogP contribution >= 0.6 is 0 Å². The third kappa shape index (κ3) is 3.08. The lowest BCUT2D eigenvalue weighted by Crippen LogP contribution is -2.28. The molecule has 0 atom stereocenters. The Bertz CT molecular complexity index is 682. The second kappa shape index (κ2) is 5.12. The molecule has 0 fully saturated rings. The Labute approximate surface area is 113 Å². The van der Waals surface area contributed by atoms with Crippen molar-refractivity contribution >= 4 is 10.1 Å². The molecule has 0 aliphatic rings. The molecule has 8 heteroatoms. The van der Waals surface area contributed by atoms with Gasteiger partial charge in [-0.05, 0) is 29.3 Å². The maximum absolute atomic E-state index is 12.1. The van der Waals surface area contributed by atoms with Crippen LogP contribution in [-0.4, -0.2) is 18.9 Å². The lowest BCUT2D eigenvalue weighted by molar-refractivity contribution is -0.0500. The van der Waals surface area contributed by atoms with Gasteiger partial charge in [-0.15, -0.1) is 0 Å². The molecule has 4 nitrogen and oxygen atoms in total. The summed E-state index contributed by atoms with van der Waals surface area (Å²) in [4.78, 5) is 3.90. The van der Waals surface area contributed by atoms with E-state index in [1.54, 1.807) is 24.5 Å². The average Bonchev–Trinajstić information content (AvgIpc) is 2.39. The Morgan fingerprint density at radius 2 is 1.65 bits per heavy atom. The summed E-state index contributed by atoms with van der Waals surface area (Å²) in [6.45, 7) is 0. The Hall–Kier alpha value is -2.09. The van der Waals surface area contributed by atoms with Gasteiger partial charge in [-0.25, -0.2) is 0 Å². The van der Waals surface area contributed by atoms with Crippen molar-refractivity contribution in [2.24, 2.45) is 0 Å². The minimum atomic E-state index is -5.64. The highest BCUT2D eigenvalue weighted by molar-refractivity contribution is 7.87. The van der Waals surface area contributed by atoms with Crippen molar-refractivity contribution in [1.82, 2.24) is 4.98 Å². The number of halogens is 3. The SMILES string of the molecule is O=S(=O)(Oc1ccc(-c2cccnc2)cc1)C(F)(F)F. The lowest BCUT2D eigenvalue weighted by atomic mass is 10.1. The van der Waals surface area contributed by atoms with Crippen LogP contribution in [0.3, 0.4) is 0 Å². The summed E-state index contributed by atoms with van der Waals surface area (Å²) < 4.78 is 62.1. The van der Waals surface area contributed by atoms with Gasteiger partial charge in [-0.3, -0.25) is 4.98 Å². The molecule has 2 rings (SSSR count). The highest BCUT2D eigenvalue weighted by Gasteiger charge is 2.48. The van der Waals surface area contributed by atoms with Crippen LogP contribution in [0.1, 0.15) is 0 Å². The van der Waals surface area contributed by atoms with E-state index in [1.807, 2.05) is 0 Å². The van der Waals surface area contributed by atoms with E-state index in [2.05, 4.69) is 9.17 Å². The lowest BCUT2D eigenvalue weighted by Gasteiger charge is -2.09. The third-order valence-corrected chi connectivity index (χ3v) is 3.32. The zero-order valence-corrected chi connectivity index (χ0v) is 10.6. The van der Waals surface area contributed by atoms with Crippen molar-refractivity contribution in [1.29, 1.82) is 0 Å². The molecular weight excluding hydrogens is 295 g/mol. The predicted octanol–water partition coefficient (Wildman–Crippen LogP) is 2.98. The van der Waals surface area contributed by atoms with E-state index in [0.29, 0.717) is 5.56 Å². The first-order valence-electron chi connectivity index (χ1n) is 5.31. The van der Waals surface area contributed by atoms with Crippen molar-refractivity contribution in [3.05, 3.63) is 48.8 Å². The van der Waals surface area contributed by atoms with Crippen LogP contribution in [0.5, 0.6) is 5.75 Å². The smallest absolute Gasteiger partial charge is 0.376 e. The Morgan fingerprint density at radius 3 is 2.15 bits per heavy atom. The van der Waals surface area contributed by atoms with Gasteiger partial charge in [0.1, 0.15) is 5.75 Å². The first-order valence-corrected chi connectivity index (χ1v) is 6.72. The van der Waals surface area contributed by atoms with Crippen molar-refractivity contribution in [2.45, 2.75) is 5.51 Å². The largest absolute Gasteiger partial charge is 0.534 e. The number of hydrogen-bond donors (Lipinski definition) is 0. The molecule has 0 bridgehead atoms. The second-order valence-electron chi connectivity index (χ2n) is 3.75. The monoisotopic (exact) mass is 303 g/mol. The minimum Gasteiger partial charge on any atom is -0.376 e. The van der Waals surface area contributed by atoms with E-state index in [1.165, 1.54) is 12.1 Å². The predicted molar refractivity (Wildman–Crippen MR) is 65.3 cm³/mol. The molecule has 1 aromatic heterocycles. The van der Waals surface area contributed by atoms with Crippen LogP contribution in [0.2, 0.25) is 0 Å². The van der Waals surface area contributed by atoms with Gasteiger partial charge >= 0.3 is 15.6 Å². The van der Waals surface area contributed by atoms with E-state index in [0.717, 1.165) is 17.7 Å². The number of benzene rings is 1. The zero-order valence-electron chi connectivity index (χ0n) is 9.83. The maximum atomic E-state index is 12.1. The summed E-state index contributed by atoms with van der Waals surface area (Å²) in [5.41, 5.74) is -4.03. The highest BCUT2D eigenvalue weighted by atomic mass is 32.2. The van der Waals surface area contributed by atoms with Gasteiger partial charge < -0.3 is 4.18 Å². The Morgan fingerprint density at radius 1 is 1.00 bits per heavy atom. The summed E-state index contributed by atoms with van der Waals surface area (Å²) in [6.07, 6.45) is 3.15. The quantitative estimate of drug-likeness (QED) is 0.646. The molecule has 0 N–H and O–H groups in total. The van der Waals surface area contributed by atoms with Crippen molar-refractivity contribution < 1.29 is 25.8 Å². The van der Waals surface area contributed by atoms with Gasteiger partial charge in [0.15, 0.2) is 0 Å². The fraction of sp³-hybridized carbons (Fsp3) is 0.0833. The molecule has 0 unspecified atom stereocenters. The molecule has 0 saturated heterocycles. The van der Waals surface area contributed by atoms with E-state index < -0.39 is 21.4 Å². The maximum Gasteiger partial charge on any atom is 0.534 e. The van der Waals surface area contributed by atoms with Crippen LogP contribution in [0.4, 0.5) is 13.2 Å². The fourth-order valence-electron chi connectivity index (χ4n) is 1.41. The first-order chi connectivity index (χ1) is 9.29. The van der Waals surface area contributed by atoms with Gasteiger partial charge in [0.25, 0.3) is 0 Å². The second-order valence-corrected chi connectivity index (χ2v) is 5.29. The number of nitrogens with zero attached hydrogens (tertiary/aromatic N) is 1. The van der Waals surface area contributed by atoms with Crippen molar-refractivity contribution in [3.63, 3.8) is 0 Å². The molecule has 1 aromatic carbocycles. The molecule has 0 aliphatic heterocycles. The number of rotatable bonds is 3. The Kier molecular flexibility index (Phi) is 3.67. The van der Waals surface area contributed by atoms with E-state index in [-0.39, 0.29) is 0 Å². The van der Waals surface area contributed by atoms with Crippen LogP contribution < -0.4 is 4.18 Å². The van der Waals surface area contributed by atoms with Crippen LogP contribution in [0.15, 0.2) is 48.8 Å². The molecule has 0 saturated carbocycles. The number of alkyl halides is 3. The van der Waals surface area contributed by atoms with Gasteiger partial charge in [0, 0.05) is 12.4 Å². The number of aromatic nitrogens is 1. The minimum absolute atomic E-state index is 0.407. The third-order valence-electron chi connectivity index (χ3n) is 2.34. The van der Waals surface area contributed by atoms with Gasteiger partial charge in [0.05, 0.1) is 0 Å². The summed E-state index contributed by atoms with van der Waals surface area (Å²) in [5.74, 6) is -0.407. The Balaban J connectivity index is 2.22. The summed E-state index contributed by atoms with van der Waals surface area (Å²) in [7, 11) is -5.64. The van der Waals surface area contributed by atoms with Gasteiger partial charge in [-0.1, -0.05) is 18.2 Å². The zero-order chi connectivity index (χ0) is 14.8. The van der Waals surface area contributed by atoms with Crippen LogP contribution in [0.25, 0.3) is 11.1 Å². The molecular formula is C12H8F3NO3S. The fourth-order valence-corrected chi connectivity index (χ4v) is 1.87. The van der Waals surface area contributed by atoms with E-state index in [9.17, 15) is 21.6 Å². The molecule has 0 amide bonds. The average molecular weight is 303 g/mol. The van der Waals surface area contributed by atoms with E-state index in [4.69, 9.17) is 0 Å². The van der Waals surface area contributed by atoms with Crippen molar-refractivity contribution in [3.8, 4) is 16.9 Å². The van der Waals surface area contributed by atoms with Crippen LogP contribution in [0, 0.1) is 0 Å². The van der Waals surface area contributed by atoms with Crippen LogP contribution in [-0.2, 0) is 10.1 Å². The van der Waals surface area contributed by atoms with E-state index >= 15 is 0 Å². The summed E-state index contributed by atoms with van der Waals surface area (Å²) >= 11 is 0. The molecule has 0 radical (unpaired) electrons.